The van der Waals surface area contributed by atoms with Gasteiger partial charge in [-0.25, -0.2) is 4.98 Å². The van der Waals surface area contributed by atoms with Gasteiger partial charge in [0.25, 0.3) is 0 Å². The Morgan fingerprint density at radius 2 is 1.71 bits per heavy atom. The Kier molecular flexibility index (Phi) is 5.39. The summed E-state index contributed by atoms with van der Waals surface area (Å²) in [5.74, 6) is -1.26. The van der Waals surface area contributed by atoms with E-state index in [0.717, 1.165) is 5.39 Å². The fourth-order valence-corrected chi connectivity index (χ4v) is 2.44. The second kappa shape index (κ2) is 7.29. The Bertz CT molecular complexity index is 738. The lowest BCUT2D eigenvalue weighted by molar-refractivity contribution is -0.170. The maximum Gasteiger partial charge on any atom is 0.323 e. The van der Waals surface area contributed by atoms with Crippen LogP contribution in [0.5, 0.6) is 5.75 Å². The van der Waals surface area contributed by atoms with Crippen molar-refractivity contribution >= 4 is 22.8 Å². The van der Waals surface area contributed by atoms with Crippen molar-refractivity contribution in [1.29, 1.82) is 0 Å². The Labute approximate surface area is 140 Å². The third-order valence-corrected chi connectivity index (χ3v) is 3.74. The summed E-state index contributed by atoms with van der Waals surface area (Å²) in [6, 6.07) is 8.59. The van der Waals surface area contributed by atoms with Gasteiger partial charge in [0.15, 0.2) is 5.41 Å². The number of carbonyl (C=O) groups excluding carboxylic acids is 2. The number of fused-ring (bicyclic) bond motifs is 1. The largest absolute Gasteiger partial charge is 0.506 e. The van der Waals surface area contributed by atoms with Crippen molar-refractivity contribution < 1.29 is 24.2 Å². The van der Waals surface area contributed by atoms with Gasteiger partial charge in [-0.1, -0.05) is 18.2 Å². The van der Waals surface area contributed by atoms with E-state index in [1.165, 1.54) is 13.0 Å². The van der Waals surface area contributed by atoms with Gasteiger partial charge < -0.3 is 14.6 Å². The summed E-state index contributed by atoms with van der Waals surface area (Å²) in [4.78, 5) is 29.0. The molecule has 0 radical (unpaired) electrons. The van der Waals surface area contributed by atoms with E-state index in [1.54, 1.807) is 32.0 Å². The number of hydrogen-bond acceptors (Lipinski definition) is 6. The van der Waals surface area contributed by atoms with Crippen molar-refractivity contribution in [2.24, 2.45) is 5.41 Å². The molecule has 0 saturated heterocycles. The van der Waals surface area contributed by atoms with Crippen LogP contribution in [0.1, 0.15) is 26.5 Å². The molecule has 2 aromatic rings. The van der Waals surface area contributed by atoms with Crippen LogP contribution in [0, 0.1) is 5.41 Å². The second-order valence-electron chi connectivity index (χ2n) is 5.60. The van der Waals surface area contributed by atoms with Crippen LogP contribution >= 0.6 is 0 Å². The van der Waals surface area contributed by atoms with Crippen LogP contribution in [0.3, 0.4) is 0 Å². The van der Waals surface area contributed by atoms with Gasteiger partial charge in [-0.05, 0) is 32.9 Å². The fourth-order valence-electron chi connectivity index (χ4n) is 2.44. The number of nitrogens with zero attached hydrogens (tertiary/aromatic N) is 1. The van der Waals surface area contributed by atoms with Gasteiger partial charge in [0, 0.05) is 17.5 Å². The van der Waals surface area contributed by atoms with Crippen molar-refractivity contribution in [3.8, 4) is 5.75 Å². The normalized spacial score (nSPS) is 11.3. The van der Waals surface area contributed by atoms with Crippen LogP contribution in [0.4, 0.5) is 0 Å². The first kappa shape index (κ1) is 17.7. The van der Waals surface area contributed by atoms with Crippen LogP contribution in [0.25, 0.3) is 10.9 Å². The molecule has 0 unspecified atom stereocenters. The Hall–Kier alpha value is -2.63. The molecule has 0 atom stereocenters. The number of benzene rings is 1. The number of pyridine rings is 1. The number of phenolic OH excluding ortho intramolecular Hbond substituents is 1. The average Bonchev–Trinajstić information content (AvgIpc) is 2.56. The summed E-state index contributed by atoms with van der Waals surface area (Å²) in [6.07, 6.45) is 0.0228. The van der Waals surface area contributed by atoms with Crippen LogP contribution in [0.15, 0.2) is 30.3 Å². The van der Waals surface area contributed by atoms with Gasteiger partial charge in [-0.2, -0.15) is 0 Å². The van der Waals surface area contributed by atoms with Crippen LogP contribution < -0.4 is 0 Å². The summed E-state index contributed by atoms with van der Waals surface area (Å²) in [6.45, 7) is 5.17. The molecule has 1 heterocycles. The highest BCUT2D eigenvalue weighted by molar-refractivity contribution is 6.00. The molecule has 0 fully saturated rings. The molecule has 1 aromatic carbocycles. The van der Waals surface area contributed by atoms with Crippen molar-refractivity contribution in [1.82, 2.24) is 4.98 Å². The Morgan fingerprint density at radius 1 is 1.08 bits per heavy atom. The minimum absolute atomic E-state index is 0.0228. The molecule has 128 valence electrons. The predicted octanol–water partition coefficient (Wildman–Crippen LogP) is 2.62. The molecule has 1 N–H and O–H groups in total. The van der Waals surface area contributed by atoms with E-state index < -0.39 is 17.4 Å². The zero-order chi connectivity index (χ0) is 17.7. The highest BCUT2D eigenvalue weighted by atomic mass is 16.6. The lowest BCUT2D eigenvalue weighted by Gasteiger charge is -2.24. The number of aromatic nitrogens is 1. The van der Waals surface area contributed by atoms with E-state index in [4.69, 9.17) is 9.47 Å². The first-order chi connectivity index (χ1) is 11.4. The highest BCUT2D eigenvalue weighted by Crippen LogP contribution is 2.28. The van der Waals surface area contributed by atoms with Gasteiger partial charge in [0.05, 0.1) is 13.2 Å². The van der Waals surface area contributed by atoms with Crippen molar-refractivity contribution in [3.63, 3.8) is 0 Å². The highest BCUT2D eigenvalue weighted by Gasteiger charge is 2.44. The summed E-state index contributed by atoms with van der Waals surface area (Å²) in [5, 5.41) is 10.7. The second-order valence-corrected chi connectivity index (χ2v) is 5.60. The molecule has 0 amide bonds. The van der Waals surface area contributed by atoms with E-state index in [-0.39, 0.29) is 25.4 Å². The summed E-state index contributed by atoms with van der Waals surface area (Å²) >= 11 is 0. The molecule has 1 aromatic heterocycles. The first-order valence-electron chi connectivity index (χ1n) is 7.84. The van der Waals surface area contributed by atoms with Gasteiger partial charge in [-0.15, -0.1) is 0 Å². The minimum Gasteiger partial charge on any atom is -0.506 e. The number of rotatable bonds is 6. The number of aromatic hydroxyl groups is 1. The molecule has 6 heteroatoms. The molecule has 0 aliphatic carbocycles. The van der Waals surface area contributed by atoms with Crippen molar-refractivity contribution in [2.45, 2.75) is 27.2 Å². The molecule has 0 spiro atoms. The zero-order valence-electron chi connectivity index (χ0n) is 14.0. The molecule has 6 nitrogen and oxygen atoms in total. The van der Waals surface area contributed by atoms with Crippen molar-refractivity contribution in [3.05, 3.63) is 36.0 Å². The smallest absolute Gasteiger partial charge is 0.323 e. The number of carbonyl (C=O) groups is 2. The maximum absolute atomic E-state index is 12.3. The van der Waals surface area contributed by atoms with Gasteiger partial charge in [0.2, 0.25) is 0 Å². The zero-order valence-corrected chi connectivity index (χ0v) is 14.0. The third-order valence-electron chi connectivity index (χ3n) is 3.74. The molecule has 2 rings (SSSR count). The molecule has 0 bridgehead atoms. The summed E-state index contributed by atoms with van der Waals surface area (Å²) in [5.41, 5.74) is -0.574. The first-order valence-corrected chi connectivity index (χ1v) is 7.84. The van der Waals surface area contributed by atoms with Crippen LogP contribution in [0.2, 0.25) is 0 Å². The standard InChI is InChI=1S/C18H21NO5/c1-4-23-16(21)18(3,17(22)24-5-2)11-13-10-9-12-7-6-8-14(20)15(12)19-13/h6-10,20H,4-5,11H2,1-3H3. The van der Waals surface area contributed by atoms with Crippen LogP contribution in [-0.2, 0) is 25.5 Å². The summed E-state index contributed by atoms with van der Waals surface area (Å²) < 4.78 is 10.1. The van der Waals surface area contributed by atoms with Crippen molar-refractivity contribution in [2.75, 3.05) is 13.2 Å². The molecular weight excluding hydrogens is 310 g/mol. The molecular formula is C18H21NO5. The molecule has 0 saturated carbocycles. The number of ether oxygens (including phenoxy) is 2. The number of para-hydroxylation sites is 1. The van der Waals surface area contributed by atoms with Gasteiger partial charge in [0.1, 0.15) is 11.3 Å². The van der Waals surface area contributed by atoms with E-state index in [1.807, 2.05) is 6.07 Å². The SMILES string of the molecule is CCOC(=O)C(C)(Cc1ccc2cccc(O)c2n1)C(=O)OCC. The third kappa shape index (κ3) is 3.48. The Morgan fingerprint density at radius 3 is 2.29 bits per heavy atom. The molecule has 0 aliphatic rings. The lowest BCUT2D eigenvalue weighted by atomic mass is 9.85. The van der Waals surface area contributed by atoms with Crippen LogP contribution in [-0.4, -0.2) is 35.2 Å². The number of phenols is 1. The maximum atomic E-state index is 12.3. The van der Waals surface area contributed by atoms with E-state index in [2.05, 4.69) is 4.98 Å². The quantitative estimate of drug-likeness (QED) is 0.647. The minimum atomic E-state index is -1.49. The molecule has 24 heavy (non-hydrogen) atoms. The topological polar surface area (TPSA) is 85.7 Å². The van der Waals surface area contributed by atoms with E-state index in [0.29, 0.717) is 11.2 Å². The predicted molar refractivity (Wildman–Crippen MR) is 88.5 cm³/mol. The van der Waals surface area contributed by atoms with E-state index >= 15 is 0 Å². The molecule has 0 aliphatic heterocycles. The summed E-state index contributed by atoms with van der Waals surface area (Å²) in [7, 11) is 0. The number of esters is 2. The average molecular weight is 331 g/mol. The fraction of sp³-hybridized carbons (Fsp3) is 0.389. The number of hydrogen-bond donors (Lipinski definition) is 1. The van der Waals surface area contributed by atoms with Gasteiger partial charge in [-0.3, -0.25) is 9.59 Å². The Balaban J connectivity index is 2.40. The monoisotopic (exact) mass is 331 g/mol. The van der Waals surface area contributed by atoms with E-state index in [9.17, 15) is 14.7 Å². The lowest BCUT2D eigenvalue weighted by Crippen LogP contribution is -2.41. The van der Waals surface area contributed by atoms with Gasteiger partial charge >= 0.3 is 11.9 Å².